The number of benzene rings is 1. The second-order valence-electron chi connectivity index (χ2n) is 6.58. The first-order valence-electron chi connectivity index (χ1n) is 9.63. The van der Waals surface area contributed by atoms with Crippen LogP contribution in [-0.2, 0) is 22.4 Å². The van der Waals surface area contributed by atoms with Gasteiger partial charge in [0.2, 0.25) is 5.89 Å². The molecule has 0 fully saturated rings. The van der Waals surface area contributed by atoms with Crippen LogP contribution in [0.2, 0.25) is 0 Å². The molecule has 0 radical (unpaired) electrons. The van der Waals surface area contributed by atoms with Gasteiger partial charge in [0, 0.05) is 13.0 Å². The van der Waals surface area contributed by atoms with E-state index in [9.17, 15) is 9.90 Å². The van der Waals surface area contributed by atoms with Gasteiger partial charge in [-0.25, -0.2) is 9.78 Å². The van der Waals surface area contributed by atoms with Gasteiger partial charge in [-0.2, -0.15) is 0 Å². The lowest BCUT2D eigenvalue weighted by Crippen LogP contribution is -2.26. The molecule has 0 aliphatic rings. The molecule has 0 unspecified atom stereocenters. The number of nitrogens with zero attached hydrogens (tertiary/aromatic N) is 1. The largest absolute Gasteiger partial charge is 0.494 e. The van der Waals surface area contributed by atoms with Gasteiger partial charge in [-0.05, 0) is 55.8 Å². The lowest BCUT2D eigenvalue weighted by atomic mass is 10.1. The average molecular weight is 416 g/mol. The van der Waals surface area contributed by atoms with Crippen molar-refractivity contribution in [2.24, 2.45) is 0 Å². The van der Waals surface area contributed by atoms with Crippen LogP contribution < -0.4 is 4.74 Å². The highest BCUT2D eigenvalue weighted by atomic mass is 32.1. The summed E-state index contributed by atoms with van der Waals surface area (Å²) in [6.07, 6.45) is 1.12. The highest BCUT2D eigenvalue weighted by molar-refractivity contribution is 7.13. The number of aromatic nitrogens is 1. The van der Waals surface area contributed by atoms with Crippen LogP contribution in [0.25, 0.3) is 10.8 Å². The van der Waals surface area contributed by atoms with E-state index in [2.05, 4.69) is 4.98 Å². The summed E-state index contributed by atoms with van der Waals surface area (Å²) >= 11 is 1.61. The molecule has 154 valence electrons. The summed E-state index contributed by atoms with van der Waals surface area (Å²) in [6, 6.07) is 11.4. The Kier molecular flexibility index (Phi) is 7.43. The van der Waals surface area contributed by atoms with Crippen molar-refractivity contribution >= 4 is 17.3 Å². The Morgan fingerprint density at radius 1 is 1.28 bits per heavy atom. The maximum Gasteiger partial charge on any atom is 0.333 e. The van der Waals surface area contributed by atoms with Crippen molar-refractivity contribution in [2.45, 2.75) is 39.2 Å². The minimum absolute atomic E-state index is 0.335. The van der Waals surface area contributed by atoms with Crippen molar-refractivity contribution in [3.8, 4) is 16.5 Å². The molecule has 0 saturated carbocycles. The quantitative estimate of drug-likeness (QED) is 0.455. The van der Waals surface area contributed by atoms with Crippen molar-refractivity contribution in [2.75, 3.05) is 13.2 Å². The Bertz CT molecular complexity index is 902. The summed E-state index contributed by atoms with van der Waals surface area (Å²) in [5, 5.41) is 11.2. The van der Waals surface area contributed by atoms with E-state index in [4.69, 9.17) is 13.9 Å². The van der Waals surface area contributed by atoms with Gasteiger partial charge < -0.3 is 19.0 Å². The summed E-state index contributed by atoms with van der Waals surface area (Å²) in [5.74, 6) is 1.33. The molecule has 29 heavy (non-hydrogen) atoms. The number of carboxylic acids is 1. The van der Waals surface area contributed by atoms with Gasteiger partial charge in [-0.1, -0.05) is 18.2 Å². The third-order valence-electron chi connectivity index (χ3n) is 4.44. The zero-order valence-corrected chi connectivity index (χ0v) is 17.4. The maximum atomic E-state index is 11.2. The summed E-state index contributed by atoms with van der Waals surface area (Å²) in [7, 11) is 0. The number of aliphatic carboxylic acids is 1. The van der Waals surface area contributed by atoms with Crippen molar-refractivity contribution in [3.05, 3.63) is 58.8 Å². The fraction of sp³-hybridized carbons (Fsp3) is 0.364. The van der Waals surface area contributed by atoms with E-state index in [0.29, 0.717) is 25.5 Å². The van der Waals surface area contributed by atoms with Gasteiger partial charge in [-0.15, -0.1) is 11.3 Å². The fourth-order valence-corrected chi connectivity index (χ4v) is 3.60. The first-order chi connectivity index (χ1) is 14.1. The molecule has 3 rings (SSSR count). The highest BCUT2D eigenvalue weighted by Crippen LogP contribution is 2.26. The van der Waals surface area contributed by atoms with Gasteiger partial charge >= 0.3 is 5.97 Å². The van der Waals surface area contributed by atoms with Gasteiger partial charge in [0.15, 0.2) is 6.10 Å². The van der Waals surface area contributed by atoms with E-state index in [1.54, 1.807) is 18.3 Å². The smallest absolute Gasteiger partial charge is 0.333 e. The first kappa shape index (κ1) is 21.1. The molecule has 2 heterocycles. The lowest BCUT2D eigenvalue weighted by molar-refractivity contribution is -0.149. The normalized spacial score (nSPS) is 12.1. The van der Waals surface area contributed by atoms with Crippen LogP contribution in [0.3, 0.4) is 0 Å². The molecule has 0 amide bonds. The number of hydrogen-bond donors (Lipinski definition) is 1. The molecule has 0 saturated heterocycles. The summed E-state index contributed by atoms with van der Waals surface area (Å²) in [4.78, 5) is 16.8. The maximum absolute atomic E-state index is 11.2. The average Bonchev–Trinajstić information content (AvgIpc) is 3.36. The Morgan fingerprint density at radius 3 is 2.72 bits per heavy atom. The van der Waals surface area contributed by atoms with Crippen LogP contribution in [0, 0.1) is 6.92 Å². The van der Waals surface area contributed by atoms with Crippen molar-refractivity contribution < 1.29 is 23.8 Å². The number of carbonyl (C=O) groups is 1. The first-order valence-corrected chi connectivity index (χ1v) is 10.5. The number of aryl methyl sites for hydroxylation is 2. The number of carboxylic acid groups (broad SMARTS) is 1. The van der Waals surface area contributed by atoms with E-state index in [1.807, 2.05) is 48.7 Å². The van der Waals surface area contributed by atoms with Crippen LogP contribution in [0.4, 0.5) is 0 Å². The number of ether oxygens (including phenoxy) is 2. The highest BCUT2D eigenvalue weighted by Gasteiger charge is 2.17. The lowest BCUT2D eigenvalue weighted by Gasteiger charge is -2.12. The van der Waals surface area contributed by atoms with Crippen LogP contribution >= 0.6 is 11.3 Å². The molecule has 7 heteroatoms. The monoisotopic (exact) mass is 415 g/mol. The topological polar surface area (TPSA) is 81.8 Å². The molecule has 2 aromatic heterocycles. The molecule has 1 aromatic carbocycles. The number of rotatable bonds is 11. The van der Waals surface area contributed by atoms with Crippen LogP contribution in [-0.4, -0.2) is 35.4 Å². The SMILES string of the molecule is CCO[C@@H](Cc1ccc(OCCCc2nc(-c3cccs3)oc2C)cc1)C(=O)O. The standard InChI is InChI=1S/C22H25NO5S/c1-3-26-19(22(24)25)14-16-8-10-17(11-9-16)27-12-4-6-18-15(2)28-21(23-18)20-7-5-13-29-20/h5,7-11,13,19H,3-4,6,12,14H2,1-2H3,(H,24,25)/t19-/m0/s1. The predicted molar refractivity (Wildman–Crippen MR) is 112 cm³/mol. The number of hydrogen-bond acceptors (Lipinski definition) is 6. The van der Waals surface area contributed by atoms with Gasteiger partial charge in [0.1, 0.15) is 11.5 Å². The molecule has 3 aromatic rings. The minimum atomic E-state index is -0.947. The second kappa shape index (κ2) is 10.2. The predicted octanol–water partition coefficient (Wildman–Crippen LogP) is 4.76. The molecular formula is C22H25NO5S. The van der Waals surface area contributed by atoms with Crippen molar-refractivity contribution in [1.29, 1.82) is 0 Å². The zero-order valence-electron chi connectivity index (χ0n) is 16.6. The molecular weight excluding hydrogens is 390 g/mol. The molecule has 1 N–H and O–H groups in total. The molecule has 0 spiro atoms. The van der Waals surface area contributed by atoms with Gasteiger partial charge in [0.25, 0.3) is 0 Å². The molecule has 0 bridgehead atoms. The van der Waals surface area contributed by atoms with Crippen LogP contribution in [0.15, 0.2) is 46.2 Å². The molecule has 1 atom stereocenters. The second-order valence-corrected chi connectivity index (χ2v) is 7.53. The van der Waals surface area contributed by atoms with Crippen LogP contribution in [0.1, 0.15) is 30.4 Å². The van der Waals surface area contributed by atoms with E-state index >= 15 is 0 Å². The van der Waals surface area contributed by atoms with E-state index in [0.717, 1.165) is 40.5 Å². The third kappa shape index (κ3) is 5.92. The summed E-state index contributed by atoms with van der Waals surface area (Å²) in [6.45, 7) is 4.66. The Balaban J connectivity index is 1.46. The Hall–Kier alpha value is -2.64. The number of thiophene rings is 1. The minimum Gasteiger partial charge on any atom is -0.494 e. The van der Waals surface area contributed by atoms with E-state index < -0.39 is 12.1 Å². The zero-order chi connectivity index (χ0) is 20.6. The van der Waals surface area contributed by atoms with Gasteiger partial charge in [0.05, 0.1) is 17.2 Å². The summed E-state index contributed by atoms with van der Waals surface area (Å²) < 4.78 is 16.8. The van der Waals surface area contributed by atoms with E-state index in [-0.39, 0.29) is 0 Å². The molecule has 0 aliphatic carbocycles. The molecule has 6 nitrogen and oxygen atoms in total. The third-order valence-corrected chi connectivity index (χ3v) is 5.30. The van der Waals surface area contributed by atoms with E-state index in [1.165, 1.54) is 0 Å². The fourth-order valence-electron chi connectivity index (χ4n) is 2.95. The van der Waals surface area contributed by atoms with Crippen molar-refractivity contribution in [1.82, 2.24) is 4.98 Å². The van der Waals surface area contributed by atoms with Gasteiger partial charge in [-0.3, -0.25) is 0 Å². The number of oxazole rings is 1. The molecule has 0 aliphatic heterocycles. The Labute approximate surface area is 174 Å². The van der Waals surface area contributed by atoms with Crippen molar-refractivity contribution in [3.63, 3.8) is 0 Å². The Morgan fingerprint density at radius 2 is 2.07 bits per heavy atom. The van der Waals surface area contributed by atoms with Crippen LogP contribution in [0.5, 0.6) is 5.75 Å². The summed E-state index contributed by atoms with van der Waals surface area (Å²) in [5.41, 5.74) is 1.86.